The zero-order valence-electron chi connectivity index (χ0n) is 11.2. The molecule has 5 heteroatoms. The van der Waals surface area contributed by atoms with Gasteiger partial charge in [0.25, 0.3) is 0 Å². The van der Waals surface area contributed by atoms with Crippen LogP contribution in [-0.4, -0.2) is 29.4 Å². The number of fused-ring (bicyclic) bond motifs is 1. The lowest BCUT2D eigenvalue weighted by atomic mass is 9.94. The van der Waals surface area contributed by atoms with Crippen LogP contribution in [-0.2, 0) is 6.42 Å². The van der Waals surface area contributed by atoms with Gasteiger partial charge in [-0.15, -0.1) is 0 Å². The summed E-state index contributed by atoms with van der Waals surface area (Å²) in [6.07, 6.45) is 4.93. The number of rotatable bonds is 3. The summed E-state index contributed by atoms with van der Waals surface area (Å²) in [5, 5.41) is 3.32. The Labute approximate surface area is 117 Å². The minimum atomic E-state index is -0.143. The first-order chi connectivity index (χ1) is 9.81. The largest absolute Gasteiger partial charge is 0.479 e. The molecule has 20 heavy (non-hydrogen) atoms. The zero-order valence-corrected chi connectivity index (χ0v) is 11.2. The van der Waals surface area contributed by atoms with Crippen molar-refractivity contribution >= 4 is 11.5 Å². The fraction of sp³-hybridized carbons (Fsp3) is 0.267. The van der Waals surface area contributed by atoms with E-state index in [0.717, 1.165) is 30.6 Å². The molecule has 0 spiro atoms. The van der Waals surface area contributed by atoms with E-state index in [4.69, 9.17) is 4.74 Å². The topological polar surface area (TPSA) is 64.1 Å². The van der Waals surface area contributed by atoms with Crippen molar-refractivity contribution in [1.29, 1.82) is 0 Å². The standard InChI is InChI=1S/C15H15N3O2/c1-20-15-13(17-8-9-18-15)14(19)11-4-2-6-12-10(11)5-3-7-16-12/h2,4,6,8-9,16H,3,5,7H2,1H3. The number of methoxy groups -OCH3 is 1. The van der Waals surface area contributed by atoms with Crippen LogP contribution < -0.4 is 10.1 Å². The number of benzene rings is 1. The van der Waals surface area contributed by atoms with Crippen molar-refractivity contribution in [2.24, 2.45) is 0 Å². The fourth-order valence-corrected chi connectivity index (χ4v) is 2.48. The van der Waals surface area contributed by atoms with Crippen LogP contribution in [0.5, 0.6) is 5.88 Å². The Kier molecular flexibility index (Phi) is 3.33. The van der Waals surface area contributed by atoms with Crippen LogP contribution in [0.25, 0.3) is 0 Å². The number of ether oxygens (including phenoxy) is 1. The quantitative estimate of drug-likeness (QED) is 0.864. The Hall–Kier alpha value is -2.43. The van der Waals surface area contributed by atoms with Crippen molar-refractivity contribution in [2.45, 2.75) is 12.8 Å². The van der Waals surface area contributed by atoms with Gasteiger partial charge in [-0.3, -0.25) is 4.79 Å². The van der Waals surface area contributed by atoms with Gasteiger partial charge in [-0.05, 0) is 24.5 Å². The number of nitrogens with zero attached hydrogens (tertiary/aromatic N) is 2. The molecule has 0 fully saturated rings. The summed E-state index contributed by atoms with van der Waals surface area (Å²) in [6.45, 7) is 0.944. The fourth-order valence-electron chi connectivity index (χ4n) is 2.48. The molecule has 0 radical (unpaired) electrons. The first kappa shape index (κ1) is 12.6. The second kappa shape index (κ2) is 5.28. The summed E-state index contributed by atoms with van der Waals surface area (Å²) in [5.74, 6) is 0.120. The van der Waals surface area contributed by atoms with Gasteiger partial charge in [0.2, 0.25) is 11.7 Å². The van der Waals surface area contributed by atoms with E-state index in [0.29, 0.717) is 5.56 Å². The van der Waals surface area contributed by atoms with Gasteiger partial charge in [-0.25, -0.2) is 9.97 Å². The van der Waals surface area contributed by atoms with Crippen LogP contribution in [0, 0.1) is 0 Å². The minimum Gasteiger partial charge on any atom is -0.479 e. The molecule has 2 aromatic rings. The van der Waals surface area contributed by atoms with Gasteiger partial charge in [0.05, 0.1) is 7.11 Å². The van der Waals surface area contributed by atoms with Crippen molar-refractivity contribution in [3.8, 4) is 5.88 Å². The van der Waals surface area contributed by atoms with E-state index in [9.17, 15) is 4.79 Å². The number of anilines is 1. The summed E-state index contributed by atoms with van der Waals surface area (Å²) in [5.41, 5.74) is 3.02. The molecule has 0 unspecified atom stereocenters. The smallest absolute Gasteiger partial charge is 0.243 e. The van der Waals surface area contributed by atoms with Crippen molar-refractivity contribution < 1.29 is 9.53 Å². The summed E-state index contributed by atoms with van der Waals surface area (Å²) in [4.78, 5) is 20.8. The minimum absolute atomic E-state index is 0.143. The van der Waals surface area contributed by atoms with Crippen molar-refractivity contribution in [3.05, 3.63) is 47.4 Å². The highest BCUT2D eigenvalue weighted by Crippen LogP contribution is 2.27. The maximum Gasteiger partial charge on any atom is 0.243 e. The van der Waals surface area contributed by atoms with Crippen LogP contribution in [0.1, 0.15) is 28.0 Å². The highest BCUT2D eigenvalue weighted by atomic mass is 16.5. The third kappa shape index (κ3) is 2.11. The first-order valence-electron chi connectivity index (χ1n) is 6.56. The number of hydrogen-bond donors (Lipinski definition) is 1. The number of nitrogens with one attached hydrogen (secondary N) is 1. The lowest BCUT2D eigenvalue weighted by Crippen LogP contribution is -2.17. The van der Waals surface area contributed by atoms with Gasteiger partial charge in [-0.1, -0.05) is 12.1 Å². The molecule has 1 aromatic heterocycles. The second-order valence-electron chi connectivity index (χ2n) is 4.61. The molecular weight excluding hydrogens is 254 g/mol. The Morgan fingerprint density at radius 3 is 3.00 bits per heavy atom. The Morgan fingerprint density at radius 2 is 2.15 bits per heavy atom. The van der Waals surface area contributed by atoms with E-state index >= 15 is 0 Å². The second-order valence-corrected chi connectivity index (χ2v) is 4.61. The summed E-state index contributed by atoms with van der Waals surface area (Å²) >= 11 is 0. The molecule has 0 amide bonds. The van der Waals surface area contributed by atoms with Gasteiger partial charge < -0.3 is 10.1 Å². The molecule has 1 N–H and O–H groups in total. The Morgan fingerprint density at radius 1 is 1.30 bits per heavy atom. The van der Waals surface area contributed by atoms with E-state index in [1.807, 2.05) is 18.2 Å². The maximum atomic E-state index is 12.7. The normalized spacial score (nSPS) is 13.2. The van der Waals surface area contributed by atoms with Crippen LogP contribution >= 0.6 is 0 Å². The highest BCUT2D eigenvalue weighted by molar-refractivity contribution is 6.10. The third-order valence-electron chi connectivity index (χ3n) is 3.41. The van der Waals surface area contributed by atoms with E-state index in [2.05, 4.69) is 15.3 Å². The molecule has 1 aromatic carbocycles. The van der Waals surface area contributed by atoms with Crippen LogP contribution in [0.15, 0.2) is 30.6 Å². The molecule has 2 heterocycles. The number of hydrogen-bond acceptors (Lipinski definition) is 5. The van der Waals surface area contributed by atoms with Crippen molar-refractivity contribution in [3.63, 3.8) is 0 Å². The summed E-state index contributed by atoms with van der Waals surface area (Å²) in [6, 6.07) is 5.72. The predicted octanol–water partition coefficient (Wildman–Crippen LogP) is 2.07. The lowest BCUT2D eigenvalue weighted by molar-refractivity contribution is 0.102. The van der Waals surface area contributed by atoms with Gasteiger partial charge in [0, 0.05) is 30.2 Å². The van der Waals surface area contributed by atoms with Crippen LogP contribution in [0.3, 0.4) is 0 Å². The van der Waals surface area contributed by atoms with Crippen molar-refractivity contribution in [1.82, 2.24) is 9.97 Å². The van der Waals surface area contributed by atoms with Crippen molar-refractivity contribution in [2.75, 3.05) is 19.0 Å². The highest BCUT2D eigenvalue weighted by Gasteiger charge is 2.22. The molecule has 3 rings (SSSR count). The van der Waals surface area contributed by atoms with Gasteiger partial charge in [-0.2, -0.15) is 0 Å². The molecule has 1 aliphatic heterocycles. The predicted molar refractivity (Wildman–Crippen MR) is 75.3 cm³/mol. The average Bonchev–Trinajstić information content (AvgIpc) is 2.53. The van der Waals surface area contributed by atoms with E-state index in [1.54, 1.807) is 0 Å². The van der Waals surface area contributed by atoms with E-state index in [-0.39, 0.29) is 17.4 Å². The Balaban J connectivity index is 2.07. The maximum absolute atomic E-state index is 12.7. The summed E-state index contributed by atoms with van der Waals surface area (Å²) < 4.78 is 5.12. The average molecular weight is 269 g/mol. The Bertz CT molecular complexity index is 655. The SMILES string of the molecule is COc1nccnc1C(=O)c1cccc2c1CCCN2. The van der Waals surface area contributed by atoms with Crippen LogP contribution in [0.4, 0.5) is 5.69 Å². The number of aromatic nitrogens is 2. The zero-order chi connectivity index (χ0) is 13.9. The molecule has 0 bridgehead atoms. The number of ketones is 1. The number of carbonyl (C=O) groups is 1. The molecule has 1 aliphatic rings. The van der Waals surface area contributed by atoms with Gasteiger partial charge in [0.1, 0.15) is 0 Å². The molecule has 0 saturated heterocycles. The van der Waals surface area contributed by atoms with E-state index in [1.165, 1.54) is 19.5 Å². The molecule has 0 saturated carbocycles. The third-order valence-corrected chi connectivity index (χ3v) is 3.41. The molecule has 102 valence electrons. The monoisotopic (exact) mass is 269 g/mol. The molecule has 5 nitrogen and oxygen atoms in total. The van der Waals surface area contributed by atoms with E-state index < -0.39 is 0 Å². The molecular formula is C15H15N3O2. The molecule has 0 atom stereocenters. The van der Waals surface area contributed by atoms with Gasteiger partial charge in [0.15, 0.2) is 5.69 Å². The number of carbonyl (C=O) groups excluding carboxylic acids is 1. The summed E-state index contributed by atoms with van der Waals surface area (Å²) in [7, 11) is 1.49. The lowest BCUT2D eigenvalue weighted by Gasteiger charge is -2.20. The molecule has 0 aliphatic carbocycles. The first-order valence-corrected chi connectivity index (χ1v) is 6.56. The van der Waals surface area contributed by atoms with Crippen LogP contribution in [0.2, 0.25) is 0 Å². The van der Waals surface area contributed by atoms with Gasteiger partial charge >= 0.3 is 0 Å².